The fraction of sp³-hybridized carbons (Fsp3) is 0.533. The van der Waals surface area contributed by atoms with Gasteiger partial charge in [-0.2, -0.15) is 0 Å². The summed E-state index contributed by atoms with van der Waals surface area (Å²) in [7, 11) is 0. The first-order valence-corrected chi connectivity index (χ1v) is 6.96. The maximum Gasteiger partial charge on any atom is 0.237 e. The van der Waals surface area contributed by atoms with E-state index in [1.54, 1.807) is 0 Å². The van der Waals surface area contributed by atoms with Gasteiger partial charge in [-0.3, -0.25) is 4.79 Å². The SMILES string of the molecule is Cc1cccc(OCCNC(=O)[C@@H]2CCCCN2)c1. The quantitative estimate of drug-likeness (QED) is 0.793. The van der Waals surface area contributed by atoms with Crippen LogP contribution in [0, 0.1) is 6.92 Å². The number of nitrogens with one attached hydrogen (secondary N) is 2. The molecule has 0 radical (unpaired) electrons. The van der Waals surface area contributed by atoms with Gasteiger partial charge in [0.25, 0.3) is 0 Å². The number of carbonyl (C=O) groups is 1. The molecule has 0 aliphatic carbocycles. The molecule has 0 unspecified atom stereocenters. The molecular weight excluding hydrogens is 240 g/mol. The summed E-state index contributed by atoms with van der Waals surface area (Å²) in [5.41, 5.74) is 1.17. The van der Waals surface area contributed by atoms with Gasteiger partial charge in [0.2, 0.25) is 5.91 Å². The van der Waals surface area contributed by atoms with Gasteiger partial charge in [0, 0.05) is 0 Å². The molecule has 4 heteroatoms. The summed E-state index contributed by atoms with van der Waals surface area (Å²) in [6.45, 7) is 4.02. The van der Waals surface area contributed by atoms with Crippen LogP contribution in [0.5, 0.6) is 5.75 Å². The lowest BCUT2D eigenvalue weighted by Crippen LogP contribution is -2.47. The number of carbonyl (C=O) groups excluding carboxylic acids is 1. The molecule has 4 nitrogen and oxygen atoms in total. The van der Waals surface area contributed by atoms with Gasteiger partial charge in [-0.1, -0.05) is 18.6 Å². The number of ether oxygens (including phenoxy) is 1. The summed E-state index contributed by atoms with van der Waals surface area (Å²) in [5, 5.41) is 6.14. The minimum absolute atomic E-state index is 0.0206. The zero-order valence-electron chi connectivity index (χ0n) is 11.4. The third-order valence-electron chi connectivity index (χ3n) is 3.29. The van der Waals surface area contributed by atoms with E-state index in [2.05, 4.69) is 10.6 Å². The van der Waals surface area contributed by atoms with E-state index in [1.165, 1.54) is 12.0 Å². The Morgan fingerprint density at radius 2 is 2.37 bits per heavy atom. The average Bonchev–Trinajstić information content (AvgIpc) is 2.44. The maximum absolute atomic E-state index is 11.8. The Balaban J connectivity index is 1.65. The average molecular weight is 262 g/mol. The molecule has 1 aromatic carbocycles. The first kappa shape index (κ1) is 13.9. The molecule has 1 aliphatic heterocycles. The Morgan fingerprint density at radius 1 is 1.47 bits per heavy atom. The van der Waals surface area contributed by atoms with E-state index < -0.39 is 0 Å². The van der Waals surface area contributed by atoms with Crippen LogP contribution in [0.2, 0.25) is 0 Å². The lowest BCUT2D eigenvalue weighted by Gasteiger charge is -2.22. The molecule has 1 amide bonds. The molecule has 19 heavy (non-hydrogen) atoms. The van der Waals surface area contributed by atoms with Crippen molar-refractivity contribution in [2.24, 2.45) is 0 Å². The van der Waals surface area contributed by atoms with E-state index in [0.717, 1.165) is 25.1 Å². The molecule has 0 aromatic heterocycles. The molecule has 1 saturated heterocycles. The second kappa shape index (κ2) is 7.14. The first-order valence-electron chi connectivity index (χ1n) is 6.96. The minimum atomic E-state index is -0.0206. The largest absolute Gasteiger partial charge is 0.492 e. The monoisotopic (exact) mass is 262 g/mol. The van der Waals surface area contributed by atoms with Crippen LogP contribution in [-0.2, 0) is 4.79 Å². The minimum Gasteiger partial charge on any atom is -0.492 e. The Hall–Kier alpha value is -1.55. The van der Waals surface area contributed by atoms with Crippen LogP contribution in [0.3, 0.4) is 0 Å². The first-order chi connectivity index (χ1) is 9.25. The molecule has 0 saturated carbocycles. The molecule has 0 spiro atoms. The van der Waals surface area contributed by atoms with Crippen molar-refractivity contribution in [3.63, 3.8) is 0 Å². The van der Waals surface area contributed by atoms with Gasteiger partial charge in [0.15, 0.2) is 0 Å². The van der Waals surface area contributed by atoms with Crippen molar-refractivity contribution < 1.29 is 9.53 Å². The van der Waals surface area contributed by atoms with Gasteiger partial charge in [0.05, 0.1) is 12.6 Å². The third kappa shape index (κ3) is 4.56. The molecule has 2 N–H and O–H groups in total. The van der Waals surface area contributed by atoms with E-state index in [9.17, 15) is 4.79 Å². The highest BCUT2D eigenvalue weighted by atomic mass is 16.5. The van der Waals surface area contributed by atoms with Crippen LogP contribution >= 0.6 is 0 Å². The van der Waals surface area contributed by atoms with Crippen LogP contribution in [-0.4, -0.2) is 31.6 Å². The smallest absolute Gasteiger partial charge is 0.237 e. The highest BCUT2D eigenvalue weighted by Gasteiger charge is 2.19. The summed E-state index contributed by atoms with van der Waals surface area (Å²) in [6.07, 6.45) is 3.23. The summed E-state index contributed by atoms with van der Waals surface area (Å²) >= 11 is 0. The maximum atomic E-state index is 11.8. The Morgan fingerprint density at radius 3 is 3.11 bits per heavy atom. The summed E-state index contributed by atoms with van der Waals surface area (Å²) < 4.78 is 5.59. The molecule has 1 aromatic rings. The topological polar surface area (TPSA) is 50.4 Å². The lowest BCUT2D eigenvalue weighted by atomic mass is 10.0. The van der Waals surface area contributed by atoms with Crippen LogP contribution in [0.4, 0.5) is 0 Å². The van der Waals surface area contributed by atoms with E-state index in [-0.39, 0.29) is 11.9 Å². The van der Waals surface area contributed by atoms with Crippen molar-refractivity contribution >= 4 is 5.91 Å². The van der Waals surface area contributed by atoms with E-state index >= 15 is 0 Å². The Kier molecular flexibility index (Phi) is 5.21. The lowest BCUT2D eigenvalue weighted by molar-refractivity contribution is -0.123. The highest BCUT2D eigenvalue weighted by Crippen LogP contribution is 2.11. The van der Waals surface area contributed by atoms with Gasteiger partial charge in [0.1, 0.15) is 12.4 Å². The van der Waals surface area contributed by atoms with Crippen LogP contribution < -0.4 is 15.4 Å². The van der Waals surface area contributed by atoms with Gasteiger partial charge >= 0.3 is 0 Å². The Labute approximate surface area is 114 Å². The van der Waals surface area contributed by atoms with E-state index in [1.807, 2.05) is 31.2 Å². The summed E-state index contributed by atoms with van der Waals surface area (Å²) in [4.78, 5) is 11.8. The van der Waals surface area contributed by atoms with Crippen LogP contribution in [0.1, 0.15) is 24.8 Å². The Bertz CT molecular complexity index is 414. The van der Waals surface area contributed by atoms with Gasteiger partial charge in [-0.25, -0.2) is 0 Å². The third-order valence-corrected chi connectivity index (χ3v) is 3.29. The standard InChI is InChI=1S/C15H22N2O2/c1-12-5-4-6-13(11-12)19-10-9-17-15(18)14-7-2-3-8-16-14/h4-6,11,14,16H,2-3,7-10H2,1H3,(H,17,18)/t14-/m0/s1. The molecule has 1 fully saturated rings. The van der Waals surface area contributed by atoms with Crippen molar-refractivity contribution in [2.75, 3.05) is 19.7 Å². The molecule has 104 valence electrons. The second-order valence-corrected chi connectivity index (χ2v) is 4.96. The number of hydrogen-bond acceptors (Lipinski definition) is 3. The van der Waals surface area contributed by atoms with Gasteiger partial charge < -0.3 is 15.4 Å². The van der Waals surface area contributed by atoms with Gasteiger partial charge in [-0.15, -0.1) is 0 Å². The van der Waals surface area contributed by atoms with Crippen LogP contribution in [0.25, 0.3) is 0 Å². The molecule has 1 atom stereocenters. The molecule has 1 heterocycles. The molecule has 0 bridgehead atoms. The highest BCUT2D eigenvalue weighted by molar-refractivity contribution is 5.81. The summed E-state index contributed by atoms with van der Waals surface area (Å²) in [6, 6.07) is 7.90. The van der Waals surface area contributed by atoms with Crippen molar-refractivity contribution in [3.8, 4) is 5.75 Å². The zero-order valence-corrected chi connectivity index (χ0v) is 11.4. The molecule has 1 aliphatic rings. The second-order valence-electron chi connectivity index (χ2n) is 4.96. The molecule has 2 rings (SSSR count). The van der Waals surface area contributed by atoms with E-state index in [0.29, 0.717) is 13.2 Å². The number of amides is 1. The number of rotatable bonds is 5. The number of aryl methyl sites for hydroxylation is 1. The number of benzene rings is 1. The van der Waals surface area contributed by atoms with Gasteiger partial charge in [-0.05, 0) is 44.0 Å². The number of piperidine rings is 1. The fourth-order valence-corrected chi connectivity index (χ4v) is 2.25. The van der Waals surface area contributed by atoms with Crippen LogP contribution in [0.15, 0.2) is 24.3 Å². The van der Waals surface area contributed by atoms with Crippen molar-refractivity contribution in [1.82, 2.24) is 10.6 Å². The van der Waals surface area contributed by atoms with Crippen molar-refractivity contribution in [3.05, 3.63) is 29.8 Å². The predicted molar refractivity (Wildman–Crippen MR) is 75.3 cm³/mol. The molecular formula is C15H22N2O2. The summed E-state index contributed by atoms with van der Waals surface area (Å²) in [5.74, 6) is 0.942. The van der Waals surface area contributed by atoms with Crippen molar-refractivity contribution in [1.29, 1.82) is 0 Å². The predicted octanol–water partition coefficient (Wildman–Crippen LogP) is 1.63. The number of hydrogen-bond donors (Lipinski definition) is 2. The van der Waals surface area contributed by atoms with Crippen molar-refractivity contribution in [2.45, 2.75) is 32.2 Å². The normalized spacial score (nSPS) is 18.9. The zero-order chi connectivity index (χ0) is 13.5. The van der Waals surface area contributed by atoms with E-state index in [4.69, 9.17) is 4.74 Å². The fourth-order valence-electron chi connectivity index (χ4n) is 2.25.